The molecule has 0 fully saturated rings. The van der Waals surface area contributed by atoms with Gasteiger partial charge in [0.05, 0.1) is 17.4 Å². The molecule has 0 radical (unpaired) electrons. The lowest BCUT2D eigenvalue weighted by atomic mass is 10.1. The van der Waals surface area contributed by atoms with Crippen LogP contribution in [0, 0.1) is 0 Å². The van der Waals surface area contributed by atoms with Crippen molar-refractivity contribution in [1.29, 1.82) is 0 Å². The van der Waals surface area contributed by atoms with Gasteiger partial charge in [-0.3, -0.25) is 4.98 Å². The van der Waals surface area contributed by atoms with Gasteiger partial charge in [-0.05, 0) is 50.4 Å². The van der Waals surface area contributed by atoms with E-state index in [2.05, 4.69) is 58.3 Å². The molecule has 5 nitrogen and oxygen atoms in total. The van der Waals surface area contributed by atoms with Gasteiger partial charge in [-0.1, -0.05) is 6.07 Å². The summed E-state index contributed by atoms with van der Waals surface area (Å²) < 4.78 is 2.23. The fourth-order valence-electron chi connectivity index (χ4n) is 3.13. The third-order valence-corrected chi connectivity index (χ3v) is 5.18. The summed E-state index contributed by atoms with van der Waals surface area (Å²) in [6.45, 7) is 4.34. The van der Waals surface area contributed by atoms with Gasteiger partial charge >= 0.3 is 0 Å². The third kappa shape index (κ3) is 3.53. The van der Waals surface area contributed by atoms with Crippen LogP contribution in [-0.4, -0.2) is 25.8 Å². The fraction of sp³-hybridized carbons (Fsp3) is 0.190. The Balaban J connectivity index is 1.74. The van der Waals surface area contributed by atoms with Crippen molar-refractivity contribution < 1.29 is 0 Å². The van der Waals surface area contributed by atoms with E-state index in [0.29, 0.717) is 12.0 Å². The molecule has 4 rings (SSSR count). The maximum absolute atomic E-state index is 4.75. The number of nitrogens with zero attached hydrogens (tertiary/aromatic N) is 4. The summed E-state index contributed by atoms with van der Waals surface area (Å²) in [7, 11) is 0. The molecule has 4 aromatic rings. The van der Waals surface area contributed by atoms with Crippen molar-refractivity contribution >= 4 is 34.3 Å². The van der Waals surface area contributed by atoms with E-state index in [4.69, 9.17) is 4.98 Å². The van der Waals surface area contributed by atoms with E-state index >= 15 is 0 Å². The summed E-state index contributed by atoms with van der Waals surface area (Å²) >= 11 is 1.71. The number of hydrogen-bond donors (Lipinski definition) is 1. The maximum atomic E-state index is 4.75. The summed E-state index contributed by atoms with van der Waals surface area (Å²) in [6, 6.07) is 12.6. The summed E-state index contributed by atoms with van der Waals surface area (Å²) in [6.07, 6.45) is 9.74. The Kier molecular flexibility index (Phi) is 4.81. The van der Waals surface area contributed by atoms with Gasteiger partial charge in [0, 0.05) is 46.2 Å². The SMILES string of the molecule is CSc1cccc(Nc2nccc(-c3cn(C(C)C)c4cnccc34)n2)c1. The molecule has 0 bridgehead atoms. The molecular formula is C21H21N5S. The van der Waals surface area contributed by atoms with Crippen molar-refractivity contribution in [2.24, 2.45) is 0 Å². The first kappa shape index (κ1) is 17.5. The largest absolute Gasteiger partial charge is 0.343 e. The van der Waals surface area contributed by atoms with Gasteiger partial charge in [-0.2, -0.15) is 0 Å². The zero-order valence-electron chi connectivity index (χ0n) is 15.5. The third-order valence-electron chi connectivity index (χ3n) is 4.45. The topological polar surface area (TPSA) is 55.6 Å². The number of anilines is 2. The average molecular weight is 376 g/mol. The minimum absolute atomic E-state index is 0.346. The molecule has 0 amide bonds. The Morgan fingerprint density at radius 2 is 2.00 bits per heavy atom. The molecule has 6 heteroatoms. The fourth-order valence-corrected chi connectivity index (χ4v) is 3.59. The van der Waals surface area contributed by atoms with E-state index in [0.717, 1.165) is 27.8 Å². The van der Waals surface area contributed by atoms with E-state index in [1.54, 1.807) is 18.0 Å². The summed E-state index contributed by atoms with van der Waals surface area (Å²) in [5.41, 5.74) is 4.07. The van der Waals surface area contributed by atoms with Gasteiger partial charge in [0.25, 0.3) is 0 Å². The van der Waals surface area contributed by atoms with Crippen LogP contribution in [0.3, 0.4) is 0 Å². The van der Waals surface area contributed by atoms with Crippen LogP contribution in [0.4, 0.5) is 11.6 Å². The first-order valence-electron chi connectivity index (χ1n) is 8.85. The zero-order valence-corrected chi connectivity index (χ0v) is 16.4. The quantitative estimate of drug-likeness (QED) is 0.464. The number of fused-ring (bicyclic) bond motifs is 1. The number of thioether (sulfide) groups is 1. The summed E-state index contributed by atoms with van der Waals surface area (Å²) in [5, 5.41) is 4.46. The number of hydrogen-bond acceptors (Lipinski definition) is 5. The lowest BCUT2D eigenvalue weighted by Crippen LogP contribution is -1.98. The van der Waals surface area contributed by atoms with Crippen LogP contribution in [-0.2, 0) is 0 Å². The highest BCUT2D eigenvalue weighted by Crippen LogP contribution is 2.31. The summed E-state index contributed by atoms with van der Waals surface area (Å²) in [5.74, 6) is 0.588. The van der Waals surface area contributed by atoms with E-state index in [1.807, 2.05) is 36.7 Å². The normalized spacial score (nSPS) is 11.3. The van der Waals surface area contributed by atoms with Crippen molar-refractivity contribution in [2.45, 2.75) is 24.8 Å². The van der Waals surface area contributed by atoms with Crippen LogP contribution < -0.4 is 5.32 Å². The monoisotopic (exact) mass is 375 g/mol. The molecule has 1 N–H and O–H groups in total. The predicted octanol–water partition coefficient (Wildman–Crippen LogP) is 5.54. The van der Waals surface area contributed by atoms with Crippen molar-refractivity contribution in [3.05, 3.63) is 61.2 Å². The van der Waals surface area contributed by atoms with E-state index < -0.39 is 0 Å². The Morgan fingerprint density at radius 3 is 2.81 bits per heavy atom. The lowest BCUT2D eigenvalue weighted by molar-refractivity contribution is 0.622. The van der Waals surface area contributed by atoms with E-state index in [9.17, 15) is 0 Å². The minimum Gasteiger partial charge on any atom is -0.343 e. The van der Waals surface area contributed by atoms with Gasteiger partial charge in [0.1, 0.15) is 0 Å². The highest BCUT2D eigenvalue weighted by atomic mass is 32.2. The van der Waals surface area contributed by atoms with Crippen molar-refractivity contribution in [2.75, 3.05) is 11.6 Å². The molecule has 0 atom stereocenters. The second-order valence-electron chi connectivity index (χ2n) is 6.56. The predicted molar refractivity (Wildman–Crippen MR) is 113 cm³/mol. The number of rotatable bonds is 5. The highest BCUT2D eigenvalue weighted by Gasteiger charge is 2.14. The minimum atomic E-state index is 0.346. The number of pyridine rings is 1. The molecule has 0 aliphatic heterocycles. The first-order chi connectivity index (χ1) is 13.2. The average Bonchev–Trinajstić information content (AvgIpc) is 3.08. The molecule has 3 heterocycles. The van der Waals surface area contributed by atoms with Gasteiger partial charge in [-0.15, -0.1) is 11.8 Å². The lowest BCUT2D eigenvalue weighted by Gasteiger charge is -2.08. The molecule has 0 aliphatic carbocycles. The molecule has 136 valence electrons. The molecule has 1 aromatic carbocycles. The first-order valence-corrected chi connectivity index (χ1v) is 10.1. The van der Waals surface area contributed by atoms with Crippen molar-refractivity contribution in [3.63, 3.8) is 0 Å². The van der Waals surface area contributed by atoms with E-state index in [1.165, 1.54) is 4.90 Å². The number of aromatic nitrogens is 4. The molecule has 27 heavy (non-hydrogen) atoms. The zero-order chi connectivity index (χ0) is 18.8. The Labute approximate surface area is 162 Å². The second kappa shape index (κ2) is 7.40. The molecular weight excluding hydrogens is 354 g/mol. The Morgan fingerprint density at radius 1 is 1.11 bits per heavy atom. The van der Waals surface area contributed by atoms with Gasteiger partial charge in [-0.25, -0.2) is 9.97 Å². The van der Waals surface area contributed by atoms with Crippen LogP contribution in [0.15, 0.2) is 66.1 Å². The molecule has 0 spiro atoms. The maximum Gasteiger partial charge on any atom is 0.227 e. The van der Waals surface area contributed by atoms with E-state index in [-0.39, 0.29) is 0 Å². The standard InChI is InChI=1S/C21H21N5S/c1-14(2)26-13-18(17-7-9-22-12-20(17)26)19-8-10-23-21(25-19)24-15-5-4-6-16(11-15)27-3/h4-14H,1-3H3,(H,23,24,25). The van der Waals surface area contributed by atoms with Crippen LogP contribution >= 0.6 is 11.8 Å². The number of nitrogens with one attached hydrogen (secondary N) is 1. The van der Waals surface area contributed by atoms with Gasteiger partial charge < -0.3 is 9.88 Å². The van der Waals surface area contributed by atoms with Crippen LogP contribution in [0.2, 0.25) is 0 Å². The molecule has 3 aromatic heterocycles. The molecule has 0 unspecified atom stereocenters. The van der Waals surface area contributed by atoms with Gasteiger partial charge in [0.15, 0.2) is 0 Å². The molecule has 0 saturated carbocycles. The Hall–Kier alpha value is -2.86. The van der Waals surface area contributed by atoms with Crippen LogP contribution in [0.5, 0.6) is 0 Å². The summed E-state index contributed by atoms with van der Waals surface area (Å²) in [4.78, 5) is 14.6. The van der Waals surface area contributed by atoms with Crippen molar-refractivity contribution in [1.82, 2.24) is 19.5 Å². The smallest absolute Gasteiger partial charge is 0.227 e. The Bertz CT molecular complexity index is 1090. The van der Waals surface area contributed by atoms with Crippen LogP contribution in [0.25, 0.3) is 22.2 Å². The van der Waals surface area contributed by atoms with Gasteiger partial charge in [0.2, 0.25) is 5.95 Å². The highest BCUT2D eigenvalue weighted by molar-refractivity contribution is 7.98. The second-order valence-corrected chi connectivity index (χ2v) is 7.44. The molecule has 0 aliphatic rings. The van der Waals surface area contributed by atoms with Crippen molar-refractivity contribution in [3.8, 4) is 11.3 Å². The molecule has 0 saturated heterocycles. The number of benzene rings is 1. The van der Waals surface area contributed by atoms with Crippen LogP contribution in [0.1, 0.15) is 19.9 Å².